The number of aliphatic hydroxyl groups is 3. The molecule has 0 radical (unpaired) electrons. The Bertz CT molecular complexity index is 1490. The molecule has 5 rings (SSSR count). The fourth-order valence-corrected chi connectivity index (χ4v) is 8.58. The van der Waals surface area contributed by atoms with Gasteiger partial charge in [-0.05, 0) is 67.6 Å². The van der Waals surface area contributed by atoms with Gasteiger partial charge in [0.25, 0.3) is 0 Å². The zero-order valence-corrected chi connectivity index (χ0v) is 25.4. The third-order valence-electron chi connectivity index (χ3n) is 10.7. The fraction of sp³-hybridized carbons (Fsp3) is 0.588. The number of benzene rings is 1. The Balaban J connectivity index is 1.63. The maximum atomic E-state index is 14.3. The summed E-state index contributed by atoms with van der Waals surface area (Å²) in [6.45, 7) is 10.5. The second kappa shape index (κ2) is 9.90. The van der Waals surface area contributed by atoms with Crippen molar-refractivity contribution in [2.24, 2.45) is 22.7 Å². The Morgan fingerprint density at radius 2 is 1.74 bits per heavy atom. The van der Waals surface area contributed by atoms with Crippen molar-refractivity contribution in [2.75, 3.05) is 0 Å². The van der Waals surface area contributed by atoms with Crippen molar-refractivity contribution in [1.82, 2.24) is 0 Å². The normalized spacial score (nSPS) is 32.7. The number of carbonyl (C=O) groups excluding carboxylic acids is 4. The van der Waals surface area contributed by atoms with Crippen LogP contribution in [0.15, 0.2) is 28.7 Å². The molecular weight excluding hydrogens is 536 g/mol. The quantitative estimate of drug-likeness (QED) is 0.322. The highest BCUT2D eigenvalue weighted by atomic mass is 16.3. The van der Waals surface area contributed by atoms with Crippen LogP contribution in [0.25, 0.3) is 0 Å². The van der Waals surface area contributed by atoms with Gasteiger partial charge < -0.3 is 20.4 Å². The van der Waals surface area contributed by atoms with Gasteiger partial charge in [0.05, 0.1) is 5.56 Å². The van der Waals surface area contributed by atoms with Gasteiger partial charge in [-0.25, -0.2) is 0 Å². The molecule has 4 aliphatic rings. The van der Waals surface area contributed by atoms with Gasteiger partial charge >= 0.3 is 0 Å². The summed E-state index contributed by atoms with van der Waals surface area (Å²) in [5.41, 5.74) is -3.76. The van der Waals surface area contributed by atoms with Gasteiger partial charge in [-0.3, -0.25) is 19.2 Å². The Kier molecular flexibility index (Phi) is 7.12. The van der Waals surface area contributed by atoms with E-state index in [4.69, 9.17) is 0 Å². The summed E-state index contributed by atoms with van der Waals surface area (Å²) < 4.78 is 0. The standard InChI is InChI=1S/C34H42O8/c1-16(2)21-12-19(10-11-23(36)20-9-7-8-17(20)3)28(38)26-22(21)13-32(5)15-33(6)14-24(37)25(18(4)35)30(40)34(33,42)31(41)27(32)29(26)39/h12,16-17,20,37-38,41-42H,7-11,13-15H2,1-6H3/t17?,20-,32+,33-,34-/m0/s1. The second-order valence-electron chi connectivity index (χ2n) is 14.1. The molecule has 0 heterocycles. The lowest BCUT2D eigenvalue weighted by molar-refractivity contribution is -0.159. The van der Waals surface area contributed by atoms with E-state index in [0.717, 1.165) is 31.7 Å². The number of allylic oxidation sites excluding steroid dienone is 2. The van der Waals surface area contributed by atoms with E-state index >= 15 is 0 Å². The summed E-state index contributed by atoms with van der Waals surface area (Å²) in [5.74, 6) is -3.58. The first-order valence-corrected chi connectivity index (χ1v) is 15.1. The summed E-state index contributed by atoms with van der Waals surface area (Å²) in [6, 6.07) is 1.88. The number of aliphatic hydroxyl groups excluding tert-OH is 2. The highest BCUT2D eigenvalue weighted by Crippen LogP contribution is 2.62. The van der Waals surface area contributed by atoms with Crippen LogP contribution in [0.1, 0.15) is 113 Å². The van der Waals surface area contributed by atoms with Crippen LogP contribution in [0.2, 0.25) is 0 Å². The number of fused-ring (bicyclic) bond motifs is 3. The Morgan fingerprint density at radius 1 is 1.07 bits per heavy atom. The minimum atomic E-state index is -2.60. The number of ketones is 4. The number of hydrogen-bond acceptors (Lipinski definition) is 8. The summed E-state index contributed by atoms with van der Waals surface area (Å²) in [5, 5.41) is 45.7. The van der Waals surface area contributed by atoms with Gasteiger partial charge in [0.15, 0.2) is 17.2 Å². The molecule has 0 saturated heterocycles. The van der Waals surface area contributed by atoms with Gasteiger partial charge in [-0.15, -0.1) is 0 Å². The fourth-order valence-electron chi connectivity index (χ4n) is 8.58. The van der Waals surface area contributed by atoms with Crippen molar-refractivity contribution >= 4 is 23.1 Å². The summed E-state index contributed by atoms with van der Waals surface area (Å²) in [4.78, 5) is 53.1. The average Bonchev–Trinajstić information content (AvgIpc) is 3.30. The Labute approximate surface area is 246 Å². The molecule has 8 heteroatoms. The number of phenols is 1. The van der Waals surface area contributed by atoms with E-state index in [1.165, 1.54) is 0 Å². The lowest BCUT2D eigenvalue weighted by Crippen LogP contribution is -2.63. The van der Waals surface area contributed by atoms with E-state index in [2.05, 4.69) is 6.92 Å². The van der Waals surface area contributed by atoms with E-state index in [-0.39, 0.29) is 66.6 Å². The molecular formula is C34H42O8. The van der Waals surface area contributed by atoms with Gasteiger partial charge in [0.2, 0.25) is 5.78 Å². The smallest absolute Gasteiger partial charge is 0.209 e. The minimum absolute atomic E-state index is 0.0116. The Hall–Kier alpha value is -3.26. The topological polar surface area (TPSA) is 149 Å². The third kappa shape index (κ3) is 4.12. The van der Waals surface area contributed by atoms with Crippen molar-refractivity contribution < 1.29 is 39.6 Å². The highest BCUT2D eigenvalue weighted by molar-refractivity contribution is 6.25. The Morgan fingerprint density at radius 3 is 2.31 bits per heavy atom. The number of rotatable bonds is 6. The van der Waals surface area contributed by atoms with Crippen molar-refractivity contribution in [3.63, 3.8) is 0 Å². The van der Waals surface area contributed by atoms with Gasteiger partial charge in [-0.1, -0.05) is 47.1 Å². The lowest BCUT2D eigenvalue weighted by atomic mass is 9.48. The van der Waals surface area contributed by atoms with Crippen molar-refractivity contribution in [2.45, 2.75) is 104 Å². The van der Waals surface area contributed by atoms with Crippen molar-refractivity contribution in [3.8, 4) is 5.75 Å². The largest absolute Gasteiger partial charge is 0.511 e. The summed E-state index contributed by atoms with van der Waals surface area (Å²) >= 11 is 0. The number of phenolic OH excluding ortho intramolecular Hbond substituents is 1. The van der Waals surface area contributed by atoms with Crippen LogP contribution < -0.4 is 0 Å². The van der Waals surface area contributed by atoms with Crippen molar-refractivity contribution in [1.29, 1.82) is 0 Å². The summed E-state index contributed by atoms with van der Waals surface area (Å²) in [7, 11) is 0. The van der Waals surface area contributed by atoms with Crippen LogP contribution in [-0.2, 0) is 27.2 Å². The van der Waals surface area contributed by atoms with E-state index in [9.17, 15) is 39.6 Å². The molecule has 0 bridgehead atoms. The molecule has 1 saturated carbocycles. The predicted octanol–water partition coefficient (Wildman–Crippen LogP) is 5.53. The molecule has 1 aromatic carbocycles. The van der Waals surface area contributed by atoms with Crippen LogP contribution in [0.4, 0.5) is 0 Å². The summed E-state index contributed by atoms with van der Waals surface area (Å²) in [6.07, 6.45) is 3.53. The molecule has 1 aromatic rings. The zero-order valence-electron chi connectivity index (χ0n) is 25.4. The maximum absolute atomic E-state index is 14.3. The first-order chi connectivity index (χ1) is 19.5. The van der Waals surface area contributed by atoms with Crippen molar-refractivity contribution in [3.05, 3.63) is 51.0 Å². The molecule has 0 aromatic heterocycles. The number of hydrogen-bond donors (Lipinski definition) is 4. The second-order valence-corrected chi connectivity index (χ2v) is 14.1. The first-order valence-electron chi connectivity index (χ1n) is 15.1. The molecule has 1 fully saturated rings. The molecule has 42 heavy (non-hydrogen) atoms. The minimum Gasteiger partial charge on any atom is -0.511 e. The molecule has 0 aliphatic heterocycles. The van der Waals surface area contributed by atoms with E-state index in [1.54, 1.807) is 13.8 Å². The van der Waals surface area contributed by atoms with Gasteiger partial charge in [-0.2, -0.15) is 0 Å². The number of carbonyl (C=O) groups is 4. The maximum Gasteiger partial charge on any atom is 0.209 e. The first kappa shape index (κ1) is 30.2. The number of aromatic hydroxyl groups is 1. The van der Waals surface area contributed by atoms with E-state index < -0.39 is 50.9 Å². The average molecular weight is 579 g/mol. The lowest BCUT2D eigenvalue weighted by Gasteiger charge is -2.56. The van der Waals surface area contributed by atoms with Crippen LogP contribution in [0.5, 0.6) is 5.75 Å². The SMILES string of the molecule is CC(=O)C1=C(O)C[C@@]2(C)C[C@@]3(C)Cc4c(C(C)C)cc(CCC(=O)[C@H]5CCCC5C)c(O)c4C(=O)C3=C(O)[C@@]2(O)C1=O. The van der Waals surface area contributed by atoms with Crippen LogP contribution in [0, 0.1) is 22.7 Å². The molecule has 5 atom stereocenters. The molecule has 8 nitrogen and oxygen atoms in total. The predicted molar refractivity (Wildman–Crippen MR) is 155 cm³/mol. The third-order valence-corrected chi connectivity index (χ3v) is 10.7. The van der Waals surface area contributed by atoms with Crippen LogP contribution in [-0.4, -0.2) is 49.2 Å². The molecule has 1 unspecified atom stereocenters. The van der Waals surface area contributed by atoms with Crippen LogP contribution >= 0.6 is 0 Å². The molecule has 4 N–H and O–H groups in total. The van der Waals surface area contributed by atoms with Crippen LogP contribution in [0.3, 0.4) is 0 Å². The number of Topliss-reactive ketones (excluding diaryl/α,β-unsaturated/α-hetero) is 4. The molecule has 226 valence electrons. The highest BCUT2D eigenvalue weighted by Gasteiger charge is 2.67. The number of aryl methyl sites for hydroxylation is 1. The van der Waals surface area contributed by atoms with E-state index in [0.29, 0.717) is 17.0 Å². The van der Waals surface area contributed by atoms with Gasteiger partial charge in [0, 0.05) is 35.2 Å². The monoisotopic (exact) mass is 578 g/mol. The molecule has 0 spiro atoms. The molecule has 4 aliphatic carbocycles. The zero-order chi connectivity index (χ0) is 31.1. The van der Waals surface area contributed by atoms with Gasteiger partial charge in [0.1, 0.15) is 28.6 Å². The molecule has 0 amide bonds. The van der Waals surface area contributed by atoms with E-state index in [1.807, 2.05) is 19.9 Å².